The van der Waals surface area contributed by atoms with Gasteiger partial charge in [0.05, 0.1) is 17.2 Å². The molecule has 4 aliphatic rings. The fraction of sp³-hybridized carbons (Fsp3) is 0.394. The van der Waals surface area contributed by atoms with Crippen LogP contribution in [0, 0.1) is 0 Å². The Morgan fingerprint density at radius 1 is 0.975 bits per heavy atom. The van der Waals surface area contributed by atoms with Gasteiger partial charge in [-0.15, -0.1) is 0 Å². The molecule has 2 bridgehead atoms. The summed E-state index contributed by atoms with van der Waals surface area (Å²) in [5, 5.41) is 0. The average Bonchev–Trinajstić information content (AvgIpc) is 3.50. The van der Waals surface area contributed by atoms with Gasteiger partial charge in [-0.3, -0.25) is 9.88 Å². The molecule has 6 nitrogen and oxygen atoms in total. The van der Waals surface area contributed by atoms with E-state index in [1.807, 2.05) is 17.3 Å². The number of hydrogen-bond acceptors (Lipinski definition) is 5. The van der Waals surface area contributed by atoms with Crippen molar-refractivity contribution in [2.75, 3.05) is 6.61 Å². The van der Waals surface area contributed by atoms with Crippen molar-refractivity contribution in [3.05, 3.63) is 89.8 Å². The monoisotopic (exact) mass is 534 g/mol. The molecular weight excluding hydrogens is 499 g/mol. The second-order valence-electron chi connectivity index (χ2n) is 12.5. The third kappa shape index (κ3) is 4.10. The Labute approximate surface area is 236 Å². The number of carbonyl (C=O) groups is 1. The van der Waals surface area contributed by atoms with E-state index < -0.39 is 18.3 Å². The molecule has 0 spiro atoms. The topological polar surface area (TPSA) is 60.9 Å². The molecule has 0 radical (unpaired) electrons. The molecule has 2 unspecified atom stereocenters. The number of rotatable bonds is 4. The lowest BCUT2D eigenvalue weighted by molar-refractivity contribution is 0.00578. The van der Waals surface area contributed by atoms with Crippen molar-refractivity contribution < 1.29 is 18.8 Å². The van der Waals surface area contributed by atoms with Crippen LogP contribution >= 0.6 is 0 Å². The van der Waals surface area contributed by atoms with E-state index in [4.69, 9.17) is 14.0 Å². The van der Waals surface area contributed by atoms with Gasteiger partial charge in [0.1, 0.15) is 6.61 Å². The van der Waals surface area contributed by atoms with Crippen molar-refractivity contribution in [3.8, 4) is 11.1 Å². The predicted octanol–water partition coefficient (Wildman–Crippen LogP) is 5.95. The highest BCUT2D eigenvalue weighted by atomic mass is 16.7. The van der Waals surface area contributed by atoms with E-state index in [1.165, 1.54) is 27.8 Å². The SMILES string of the molecule is CC1(C)OB(c2cncc(C3=CC4CCC(C3)N4C(=O)OCC3c4ccccc4-c4ccccc43)c2)OC1(C)C. The first-order valence-electron chi connectivity index (χ1n) is 14.4. The highest BCUT2D eigenvalue weighted by Gasteiger charge is 2.52. The molecule has 40 heavy (non-hydrogen) atoms. The maximum Gasteiger partial charge on any atom is 0.496 e. The largest absolute Gasteiger partial charge is 0.496 e. The lowest BCUT2D eigenvalue weighted by Gasteiger charge is -2.33. The number of hydrogen-bond donors (Lipinski definition) is 0. The molecule has 3 aromatic rings. The summed E-state index contributed by atoms with van der Waals surface area (Å²) < 4.78 is 18.6. The molecule has 1 aliphatic carbocycles. The van der Waals surface area contributed by atoms with E-state index in [0.29, 0.717) is 6.61 Å². The minimum absolute atomic E-state index is 0.0323. The number of benzene rings is 2. The quantitative estimate of drug-likeness (QED) is 0.387. The van der Waals surface area contributed by atoms with Crippen molar-refractivity contribution in [1.29, 1.82) is 0 Å². The summed E-state index contributed by atoms with van der Waals surface area (Å²) >= 11 is 0. The van der Waals surface area contributed by atoms with Gasteiger partial charge in [0.2, 0.25) is 0 Å². The van der Waals surface area contributed by atoms with Crippen LogP contribution in [0.3, 0.4) is 0 Å². The zero-order valence-electron chi connectivity index (χ0n) is 23.6. The lowest BCUT2D eigenvalue weighted by atomic mass is 9.79. The smallest absolute Gasteiger partial charge is 0.448 e. The number of pyridine rings is 1. The third-order valence-corrected chi connectivity index (χ3v) is 9.60. The highest BCUT2D eigenvalue weighted by Crippen LogP contribution is 2.45. The first-order valence-corrected chi connectivity index (χ1v) is 14.4. The molecule has 0 saturated carbocycles. The number of aromatic nitrogens is 1. The fourth-order valence-corrected chi connectivity index (χ4v) is 6.74. The Kier molecular flexibility index (Phi) is 5.95. The van der Waals surface area contributed by atoms with Crippen LogP contribution in [-0.2, 0) is 14.0 Å². The first-order chi connectivity index (χ1) is 19.2. The summed E-state index contributed by atoms with van der Waals surface area (Å²) in [4.78, 5) is 20.0. The van der Waals surface area contributed by atoms with Crippen molar-refractivity contribution >= 4 is 24.2 Å². The van der Waals surface area contributed by atoms with Gasteiger partial charge in [0.25, 0.3) is 0 Å². The molecule has 7 rings (SSSR count). The van der Waals surface area contributed by atoms with Crippen molar-refractivity contribution in [2.45, 2.75) is 76.2 Å². The molecule has 1 aromatic heterocycles. The molecule has 7 heteroatoms. The lowest BCUT2D eigenvalue weighted by Crippen LogP contribution is -2.43. The van der Waals surface area contributed by atoms with Crippen LogP contribution < -0.4 is 5.46 Å². The molecule has 1 amide bonds. The normalized spacial score (nSPS) is 24.1. The highest BCUT2D eigenvalue weighted by molar-refractivity contribution is 6.62. The summed E-state index contributed by atoms with van der Waals surface area (Å²) in [7, 11) is -0.448. The van der Waals surface area contributed by atoms with Crippen LogP contribution in [0.1, 0.15) is 69.6 Å². The zero-order chi connectivity index (χ0) is 27.6. The second kappa shape index (κ2) is 9.32. The van der Waals surface area contributed by atoms with Crippen molar-refractivity contribution in [1.82, 2.24) is 9.88 Å². The summed E-state index contributed by atoms with van der Waals surface area (Å²) in [6.45, 7) is 8.58. The molecule has 4 heterocycles. The number of fused-ring (bicyclic) bond motifs is 5. The number of carbonyl (C=O) groups excluding carboxylic acids is 1. The van der Waals surface area contributed by atoms with Crippen molar-refractivity contribution in [3.63, 3.8) is 0 Å². The summed E-state index contributed by atoms with van der Waals surface area (Å²) in [5.74, 6) is 0.0636. The third-order valence-electron chi connectivity index (χ3n) is 9.60. The van der Waals surface area contributed by atoms with E-state index in [9.17, 15) is 4.79 Å². The van der Waals surface area contributed by atoms with Gasteiger partial charge in [0.15, 0.2) is 0 Å². The van der Waals surface area contributed by atoms with Crippen LogP contribution in [0.5, 0.6) is 0 Å². The zero-order valence-corrected chi connectivity index (χ0v) is 23.6. The summed E-state index contributed by atoms with van der Waals surface area (Å²) in [6.07, 6.45) is 8.46. The standard InChI is InChI=1S/C33H35BN2O4/c1-32(2)33(3,4)40-34(39-32)23-15-22(18-35-19-23)21-16-24-13-14-25(17-21)36(24)31(37)38-20-30-28-11-7-5-9-26(28)27-10-6-8-12-29(27)30/h5-12,15-16,18-19,24-25,30H,13-14,17,20H2,1-4H3. The Morgan fingerprint density at radius 3 is 2.27 bits per heavy atom. The Hall–Kier alpha value is -3.42. The van der Waals surface area contributed by atoms with Crippen LogP contribution in [0.4, 0.5) is 4.79 Å². The van der Waals surface area contributed by atoms with E-state index in [1.54, 1.807) is 0 Å². The van der Waals surface area contributed by atoms with Gasteiger partial charge in [-0.2, -0.15) is 0 Å². The molecule has 0 N–H and O–H groups in total. The van der Waals surface area contributed by atoms with Crippen LogP contribution in [0.25, 0.3) is 16.7 Å². The minimum Gasteiger partial charge on any atom is -0.448 e. The maximum absolute atomic E-state index is 13.5. The molecule has 2 fully saturated rings. The average molecular weight is 534 g/mol. The molecule has 3 aliphatic heterocycles. The maximum atomic E-state index is 13.5. The van der Waals surface area contributed by atoms with E-state index in [-0.39, 0.29) is 24.1 Å². The number of ether oxygens (including phenoxy) is 1. The predicted molar refractivity (Wildman–Crippen MR) is 156 cm³/mol. The number of amides is 1. The molecule has 204 valence electrons. The van der Waals surface area contributed by atoms with E-state index in [0.717, 1.165) is 30.3 Å². The van der Waals surface area contributed by atoms with Crippen LogP contribution in [-0.4, -0.2) is 53.0 Å². The van der Waals surface area contributed by atoms with E-state index >= 15 is 0 Å². The molecule has 2 saturated heterocycles. The van der Waals surface area contributed by atoms with Crippen LogP contribution in [0.15, 0.2) is 73.1 Å². The van der Waals surface area contributed by atoms with Gasteiger partial charge < -0.3 is 14.0 Å². The van der Waals surface area contributed by atoms with Gasteiger partial charge in [0, 0.05) is 29.8 Å². The Morgan fingerprint density at radius 2 is 1.62 bits per heavy atom. The molecule has 2 atom stereocenters. The number of nitrogens with zero attached hydrogens (tertiary/aromatic N) is 2. The molecular formula is C33H35BN2O4. The fourth-order valence-electron chi connectivity index (χ4n) is 6.74. The van der Waals surface area contributed by atoms with Gasteiger partial charge in [-0.05, 0) is 80.3 Å². The minimum atomic E-state index is -0.448. The van der Waals surface area contributed by atoms with E-state index in [2.05, 4.69) is 93.4 Å². The van der Waals surface area contributed by atoms with Crippen LogP contribution in [0.2, 0.25) is 0 Å². The Bertz CT molecular complexity index is 1450. The first kappa shape index (κ1) is 25.5. The summed E-state index contributed by atoms with van der Waals surface area (Å²) in [6, 6.07) is 19.2. The van der Waals surface area contributed by atoms with Gasteiger partial charge in [-0.1, -0.05) is 60.7 Å². The Balaban J connectivity index is 1.07. The van der Waals surface area contributed by atoms with Gasteiger partial charge >= 0.3 is 13.2 Å². The second-order valence-corrected chi connectivity index (χ2v) is 12.5. The van der Waals surface area contributed by atoms with Crippen molar-refractivity contribution in [2.24, 2.45) is 0 Å². The van der Waals surface area contributed by atoms with Gasteiger partial charge in [-0.25, -0.2) is 4.79 Å². The summed E-state index contributed by atoms with van der Waals surface area (Å²) in [5.41, 5.74) is 7.34. The molecule has 2 aromatic carbocycles.